The van der Waals surface area contributed by atoms with Crippen molar-refractivity contribution < 1.29 is 4.79 Å². The van der Waals surface area contributed by atoms with E-state index in [4.69, 9.17) is 11.6 Å². The van der Waals surface area contributed by atoms with Gasteiger partial charge in [0.25, 0.3) is 0 Å². The molecule has 0 fully saturated rings. The van der Waals surface area contributed by atoms with E-state index in [-0.39, 0.29) is 5.91 Å². The van der Waals surface area contributed by atoms with Gasteiger partial charge in [0.05, 0.1) is 17.1 Å². The van der Waals surface area contributed by atoms with Gasteiger partial charge in [-0.15, -0.1) is 16.4 Å². The standard InChI is InChI=1S/C21H19ClN6OS2/c1-13-6-4-9-19(14(13)2)28-21(24-25-26-28)31-12-17-11-30-20(23-17)27(15(3)29)18-8-5-7-16(22)10-18/h4-11H,12H2,1-3H3. The van der Waals surface area contributed by atoms with Crippen molar-refractivity contribution in [1.29, 1.82) is 0 Å². The van der Waals surface area contributed by atoms with Crippen LogP contribution in [0.4, 0.5) is 10.8 Å². The summed E-state index contributed by atoms with van der Waals surface area (Å²) in [6, 6.07) is 13.2. The molecule has 4 aromatic rings. The van der Waals surface area contributed by atoms with E-state index in [0.717, 1.165) is 16.9 Å². The molecule has 0 radical (unpaired) electrons. The SMILES string of the molecule is CC(=O)N(c1cccc(Cl)c1)c1nc(CSc2nnnn2-c2cccc(C)c2C)cs1. The van der Waals surface area contributed by atoms with Gasteiger partial charge in [-0.1, -0.05) is 41.6 Å². The van der Waals surface area contributed by atoms with Gasteiger partial charge in [-0.25, -0.2) is 4.98 Å². The Morgan fingerprint density at radius 2 is 2.03 bits per heavy atom. The topological polar surface area (TPSA) is 76.8 Å². The minimum atomic E-state index is -0.130. The van der Waals surface area contributed by atoms with Crippen molar-refractivity contribution in [2.24, 2.45) is 0 Å². The highest BCUT2D eigenvalue weighted by Crippen LogP contribution is 2.32. The fourth-order valence-electron chi connectivity index (χ4n) is 3.03. The van der Waals surface area contributed by atoms with Crippen LogP contribution in [0.2, 0.25) is 5.02 Å². The van der Waals surface area contributed by atoms with Gasteiger partial charge in [0.1, 0.15) is 0 Å². The number of hydrogen-bond acceptors (Lipinski definition) is 7. The quantitative estimate of drug-likeness (QED) is 0.353. The van der Waals surface area contributed by atoms with E-state index in [0.29, 0.717) is 26.8 Å². The molecule has 0 aliphatic heterocycles. The number of carbonyl (C=O) groups is 1. The van der Waals surface area contributed by atoms with Crippen molar-refractivity contribution in [2.75, 3.05) is 4.90 Å². The number of rotatable bonds is 6. The second-order valence-electron chi connectivity index (χ2n) is 6.84. The molecule has 0 aliphatic carbocycles. The van der Waals surface area contributed by atoms with Gasteiger partial charge in [0.2, 0.25) is 11.1 Å². The molecule has 7 nitrogen and oxygen atoms in total. The molecule has 4 rings (SSSR count). The number of aromatic nitrogens is 5. The third kappa shape index (κ3) is 4.63. The van der Waals surface area contributed by atoms with Crippen molar-refractivity contribution in [3.05, 3.63) is 69.7 Å². The van der Waals surface area contributed by atoms with Crippen molar-refractivity contribution in [2.45, 2.75) is 31.7 Å². The Kier molecular flexibility index (Phi) is 6.35. The Morgan fingerprint density at radius 1 is 1.23 bits per heavy atom. The first kappa shape index (κ1) is 21.5. The lowest BCUT2D eigenvalue weighted by Gasteiger charge is -2.18. The van der Waals surface area contributed by atoms with Crippen LogP contribution in [0.3, 0.4) is 0 Å². The van der Waals surface area contributed by atoms with E-state index in [1.807, 2.05) is 29.6 Å². The highest BCUT2D eigenvalue weighted by atomic mass is 35.5. The molecule has 0 saturated heterocycles. The Hall–Kier alpha value is -2.75. The Bertz CT molecular complexity index is 1240. The van der Waals surface area contributed by atoms with Crippen molar-refractivity contribution >= 4 is 51.4 Å². The second-order valence-corrected chi connectivity index (χ2v) is 9.05. The summed E-state index contributed by atoms with van der Waals surface area (Å²) in [5.74, 6) is 0.443. The lowest BCUT2D eigenvalue weighted by Crippen LogP contribution is -2.22. The van der Waals surface area contributed by atoms with E-state index in [1.54, 1.807) is 21.7 Å². The van der Waals surface area contributed by atoms with Crippen LogP contribution in [0.15, 0.2) is 53.0 Å². The highest BCUT2D eigenvalue weighted by molar-refractivity contribution is 7.98. The summed E-state index contributed by atoms with van der Waals surface area (Å²) >= 11 is 9.00. The number of thioether (sulfide) groups is 1. The zero-order valence-electron chi connectivity index (χ0n) is 17.1. The largest absolute Gasteiger partial charge is 0.274 e. The fraction of sp³-hybridized carbons (Fsp3) is 0.190. The second kappa shape index (κ2) is 9.17. The molecule has 0 aliphatic rings. The molecule has 158 valence electrons. The van der Waals surface area contributed by atoms with Gasteiger partial charge >= 0.3 is 0 Å². The van der Waals surface area contributed by atoms with Gasteiger partial charge in [0, 0.05) is 23.1 Å². The van der Waals surface area contributed by atoms with Crippen LogP contribution in [0.1, 0.15) is 23.7 Å². The monoisotopic (exact) mass is 470 g/mol. The number of carbonyl (C=O) groups excluding carboxylic acids is 1. The van der Waals surface area contributed by atoms with Crippen LogP contribution >= 0.6 is 34.7 Å². The van der Waals surface area contributed by atoms with Crippen LogP contribution in [-0.2, 0) is 10.5 Å². The zero-order valence-corrected chi connectivity index (χ0v) is 19.5. The number of amides is 1. The summed E-state index contributed by atoms with van der Waals surface area (Å²) in [4.78, 5) is 18.5. The van der Waals surface area contributed by atoms with Gasteiger partial charge < -0.3 is 0 Å². The van der Waals surface area contributed by atoms with Gasteiger partial charge in [-0.2, -0.15) is 4.68 Å². The number of anilines is 2. The third-order valence-corrected chi connectivity index (χ3v) is 6.77. The van der Waals surface area contributed by atoms with Crippen LogP contribution in [0.5, 0.6) is 0 Å². The third-order valence-electron chi connectivity index (χ3n) is 4.71. The molecular formula is C21H19ClN6OS2. The molecule has 1 amide bonds. The highest BCUT2D eigenvalue weighted by Gasteiger charge is 2.19. The predicted molar refractivity (Wildman–Crippen MR) is 125 cm³/mol. The zero-order chi connectivity index (χ0) is 22.0. The molecule has 31 heavy (non-hydrogen) atoms. The van der Waals surface area contributed by atoms with Gasteiger partial charge in [0.15, 0.2) is 5.13 Å². The smallest absolute Gasteiger partial charge is 0.230 e. The molecule has 0 N–H and O–H groups in total. The molecule has 0 unspecified atom stereocenters. The van der Waals surface area contributed by atoms with Gasteiger partial charge in [-0.3, -0.25) is 9.69 Å². The number of nitrogens with zero attached hydrogens (tertiary/aromatic N) is 6. The van der Waals surface area contributed by atoms with Crippen LogP contribution in [-0.4, -0.2) is 31.1 Å². The summed E-state index contributed by atoms with van der Waals surface area (Å²) in [5, 5.41) is 16.0. The van der Waals surface area contributed by atoms with E-state index in [1.165, 1.54) is 35.6 Å². The maximum Gasteiger partial charge on any atom is 0.230 e. The number of halogens is 1. The number of tetrazole rings is 1. The van der Waals surface area contributed by atoms with Crippen LogP contribution in [0.25, 0.3) is 5.69 Å². The molecule has 0 bridgehead atoms. The average Bonchev–Trinajstić information content (AvgIpc) is 3.38. The molecule has 10 heteroatoms. The summed E-state index contributed by atoms with van der Waals surface area (Å²) in [6.45, 7) is 5.63. The molecule has 0 saturated carbocycles. The number of hydrogen-bond donors (Lipinski definition) is 0. The van der Waals surface area contributed by atoms with Crippen LogP contribution < -0.4 is 4.90 Å². The van der Waals surface area contributed by atoms with Gasteiger partial charge in [-0.05, 0) is 59.7 Å². The van der Waals surface area contributed by atoms with Crippen molar-refractivity contribution in [3.63, 3.8) is 0 Å². The predicted octanol–water partition coefficient (Wildman–Crippen LogP) is 5.37. The molecular weight excluding hydrogens is 452 g/mol. The van der Waals surface area contributed by atoms with E-state index in [2.05, 4.69) is 40.4 Å². The van der Waals surface area contributed by atoms with E-state index >= 15 is 0 Å². The number of aryl methyl sites for hydroxylation is 1. The minimum Gasteiger partial charge on any atom is -0.274 e. The maximum absolute atomic E-state index is 12.3. The first-order valence-corrected chi connectivity index (χ1v) is 11.7. The number of thiazole rings is 1. The summed E-state index contributed by atoms with van der Waals surface area (Å²) in [5.41, 5.74) is 4.79. The summed E-state index contributed by atoms with van der Waals surface area (Å²) in [7, 11) is 0. The minimum absolute atomic E-state index is 0.130. The lowest BCUT2D eigenvalue weighted by atomic mass is 10.1. The summed E-state index contributed by atoms with van der Waals surface area (Å²) in [6.07, 6.45) is 0. The molecule has 0 atom stereocenters. The Labute approximate surface area is 193 Å². The van der Waals surface area contributed by atoms with Crippen molar-refractivity contribution in [3.8, 4) is 5.69 Å². The van der Waals surface area contributed by atoms with Crippen molar-refractivity contribution in [1.82, 2.24) is 25.2 Å². The lowest BCUT2D eigenvalue weighted by molar-refractivity contribution is -0.115. The normalized spacial score (nSPS) is 11.0. The Balaban J connectivity index is 1.54. The fourth-order valence-corrected chi connectivity index (χ4v) is 4.98. The van der Waals surface area contributed by atoms with Crippen LogP contribution in [0, 0.1) is 13.8 Å². The van der Waals surface area contributed by atoms with E-state index in [9.17, 15) is 4.79 Å². The first-order valence-electron chi connectivity index (χ1n) is 9.42. The molecule has 2 heterocycles. The maximum atomic E-state index is 12.3. The molecule has 2 aromatic heterocycles. The number of benzene rings is 2. The molecule has 2 aromatic carbocycles. The Morgan fingerprint density at radius 3 is 2.81 bits per heavy atom. The first-order chi connectivity index (χ1) is 14.9. The molecule has 0 spiro atoms. The average molecular weight is 471 g/mol. The van der Waals surface area contributed by atoms with E-state index < -0.39 is 0 Å². The summed E-state index contributed by atoms with van der Waals surface area (Å²) < 4.78 is 1.74.